The monoisotopic (exact) mass is 435 g/mol. The first kappa shape index (κ1) is 20.9. The minimum Gasteiger partial charge on any atom is -0.383 e. The summed E-state index contributed by atoms with van der Waals surface area (Å²) in [6.45, 7) is 6.90. The number of fused-ring (bicyclic) bond motifs is 1. The van der Waals surface area contributed by atoms with E-state index in [1.165, 1.54) is 0 Å². The molecule has 0 radical (unpaired) electrons. The number of aromatic nitrogens is 3. The second-order valence-electron chi connectivity index (χ2n) is 7.91. The van der Waals surface area contributed by atoms with E-state index in [9.17, 15) is 8.42 Å². The van der Waals surface area contributed by atoms with Crippen molar-refractivity contribution in [2.75, 3.05) is 16.6 Å². The second-order valence-corrected chi connectivity index (χ2v) is 9.59. The molecule has 0 spiro atoms. The van der Waals surface area contributed by atoms with Crippen LogP contribution >= 0.6 is 0 Å². The highest BCUT2D eigenvalue weighted by Crippen LogP contribution is 2.30. The van der Waals surface area contributed by atoms with E-state index in [0.717, 1.165) is 40.0 Å². The fourth-order valence-electron chi connectivity index (χ4n) is 3.35. The number of anilines is 2. The Morgan fingerprint density at radius 3 is 2.55 bits per heavy atom. The molecule has 0 amide bonds. The molecule has 2 aromatic heterocycles. The van der Waals surface area contributed by atoms with E-state index in [2.05, 4.69) is 39.1 Å². The van der Waals surface area contributed by atoms with Crippen LogP contribution in [0.25, 0.3) is 22.0 Å². The van der Waals surface area contributed by atoms with E-state index in [1.54, 1.807) is 42.7 Å². The highest BCUT2D eigenvalue weighted by atomic mass is 32.2. The Hall–Kier alpha value is -3.39. The van der Waals surface area contributed by atoms with E-state index in [4.69, 9.17) is 0 Å². The summed E-state index contributed by atoms with van der Waals surface area (Å²) in [4.78, 5) is 4.21. The van der Waals surface area contributed by atoms with Crippen LogP contribution in [0.4, 0.5) is 11.4 Å². The van der Waals surface area contributed by atoms with Crippen molar-refractivity contribution in [3.05, 3.63) is 66.6 Å². The van der Waals surface area contributed by atoms with Gasteiger partial charge in [0, 0.05) is 30.0 Å². The Balaban J connectivity index is 1.69. The molecule has 0 unspecified atom stereocenters. The first-order valence-corrected chi connectivity index (χ1v) is 11.6. The number of aromatic amines is 1. The van der Waals surface area contributed by atoms with Crippen molar-refractivity contribution >= 4 is 32.3 Å². The van der Waals surface area contributed by atoms with E-state index in [0.29, 0.717) is 11.6 Å². The third-order valence-electron chi connectivity index (χ3n) is 4.96. The Morgan fingerprint density at radius 2 is 1.81 bits per heavy atom. The molecule has 0 aliphatic rings. The SMILES string of the molecule is Cc1[nH]nc2c(NCC(C)C)cc(NS(=O)(=O)c3cccc(-c4ccncc4)c3)cc12. The van der Waals surface area contributed by atoms with Crippen LogP contribution in [-0.4, -0.2) is 30.1 Å². The number of hydrogen-bond acceptors (Lipinski definition) is 5. The zero-order valence-electron chi connectivity index (χ0n) is 17.7. The maximum Gasteiger partial charge on any atom is 0.261 e. The number of aryl methyl sites for hydroxylation is 1. The predicted octanol–water partition coefficient (Wildman–Crippen LogP) is 4.80. The van der Waals surface area contributed by atoms with E-state index < -0.39 is 10.0 Å². The van der Waals surface area contributed by atoms with Gasteiger partial charge in [-0.3, -0.25) is 14.8 Å². The molecule has 0 bridgehead atoms. The minimum absolute atomic E-state index is 0.197. The zero-order chi connectivity index (χ0) is 22.0. The summed E-state index contributed by atoms with van der Waals surface area (Å²) in [5.41, 5.74) is 4.66. The highest BCUT2D eigenvalue weighted by molar-refractivity contribution is 7.92. The molecule has 31 heavy (non-hydrogen) atoms. The van der Waals surface area contributed by atoms with Crippen LogP contribution in [0.5, 0.6) is 0 Å². The largest absolute Gasteiger partial charge is 0.383 e. The minimum atomic E-state index is -3.78. The Morgan fingerprint density at radius 1 is 1.03 bits per heavy atom. The Labute approximate surface area is 182 Å². The van der Waals surface area contributed by atoms with Gasteiger partial charge >= 0.3 is 0 Å². The van der Waals surface area contributed by atoms with Crippen LogP contribution in [0.2, 0.25) is 0 Å². The summed E-state index contributed by atoms with van der Waals surface area (Å²) in [7, 11) is -3.78. The van der Waals surface area contributed by atoms with Crippen LogP contribution in [0.15, 0.2) is 65.8 Å². The Bertz CT molecular complexity index is 1310. The number of pyridine rings is 1. The smallest absolute Gasteiger partial charge is 0.261 e. The van der Waals surface area contributed by atoms with Crippen molar-refractivity contribution in [3.8, 4) is 11.1 Å². The molecule has 7 nitrogen and oxygen atoms in total. The normalized spacial score (nSPS) is 11.7. The standard InChI is InChI=1S/C23H25N5O2S/c1-15(2)14-25-22-13-19(12-21-16(3)26-27-23(21)22)28-31(29,30)20-6-4-5-18(11-20)17-7-9-24-10-8-17/h4-13,15,25,28H,14H2,1-3H3,(H,26,27). The molecule has 2 heterocycles. The van der Waals surface area contributed by atoms with Gasteiger partial charge in [0.1, 0.15) is 5.52 Å². The molecule has 160 valence electrons. The third kappa shape index (κ3) is 4.54. The predicted molar refractivity (Wildman–Crippen MR) is 125 cm³/mol. The fourth-order valence-corrected chi connectivity index (χ4v) is 4.44. The first-order chi connectivity index (χ1) is 14.8. The summed E-state index contributed by atoms with van der Waals surface area (Å²) in [5, 5.41) is 11.6. The van der Waals surface area contributed by atoms with Crippen LogP contribution < -0.4 is 10.0 Å². The summed E-state index contributed by atoms with van der Waals surface area (Å²) in [6.07, 6.45) is 3.37. The number of rotatable bonds is 7. The van der Waals surface area contributed by atoms with Crippen LogP contribution in [0.3, 0.4) is 0 Å². The molecule has 8 heteroatoms. The van der Waals surface area contributed by atoms with Crippen molar-refractivity contribution in [2.24, 2.45) is 5.92 Å². The molecule has 0 aliphatic heterocycles. The van der Waals surface area contributed by atoms with Crippen molar-refractivity contribution in [1.29, 1.82) is 0 Å². The molecule has 0 fully saturated rings. The molecule has 4 aromatic rings. The second kappa shape index (κ2) is 8.39. The van der Waals surface area contributed by atoms with Crippen LogP contribution in [0.1, 0.15) is 19.5 Å². The van der Waals surface area contributed by atoms with Gasteiger partial charge in [-0.2, -0.15) is 5.10 Å². The molecular weight excluding hydrogens is 410 g/mol. The Kier molecular flexibility index (Phi) is 5.65. The average molecular weight is 436 g/mol. The van der Waals surface area contributed by atoms with Crippen molar-refractivity contribution in [3.63, 3.8) is 0 Å². The molecule has 3 N–H and O–H groups in total. The quantitative estimate of drug-likeness (QED) is 0.387. The van der Waals surface area contributed by atoms with Gasteiger partial charge in [-0.25, -0.2) is 8.42 Å². The lowest BCUT2D eigenvalue weighted by Gasteiger charge is -2.14. The van der Waals surface area contributed by atoms with E-state index in [1.807, 2.05) is 25.1 Å². The number of H-pyrrole nitrogens is 1. The van der Waals surface area contributed by atoms with E-state index >= 15 is 0 Å². The van der Waals surface area contributed by atoms with Gasteiger partial charge in [-0.15, -0.1) is 0 Å². The van der Waals surface area contributed by atoms with Gasteiger partial charge in [-0.05, 0) is 60.4 Å². The highest BCUT2D eigenvalue weighted by Gasteiger charge is 2.17. The number of nitrogens with one attached hydrogen (secondary N) is 3. The number of benzene rings is 2. The lowest BCUT2D eigenvalue weighted by molar-refractivity contribution is 0.601. The van der Waals surface area contributed by atoms with Gasteiger partial charge in [0.2, 0.25) is 0 Å². The molecule has 0 atom stereocenters. The number of sulfonamides is 1. The average Bonchev–Trinajstić information content (AvgIpc) is 3.13. The van der Waals surface area contributed by atoms with Gasteiger partial charge in [0.15, 0.2) is 0 Å². The zero-order valence-corrected chi connectivity index (χ0v) is 18.5. The molecule has 4 rings (SSSR count). The van der Waals surface area contributed by atoms with Gasteiger partial charge in [0.05, 0.1) is 16.3 Å². The molecule has 0 saturated heterocycles. The number of nitrogens with zero attached hydrogens (tertiary/aromatic N) is 2. The fraction of sp³-hybridized carbons (Fsp3) is 0.217. The first-order valence-electron chi connectivity index (χ1n) is 10.1. The van der Waals surface area contributed by atoms with Gasteiger partial charge < -0.3 is 5.32 Å². The molecule has 0 saturated carbocycles. The van der Waals surface area contributed by atoms with Gasteiger partial charge in [-0.1, -0.05) is 26.0 Å². The van der Waals surface area contributed by atoms with Crippen molar-refractivity contribution < 1.29 is 8.42 Å². The summed E-state index contributed by atoms with van der Waals surface area (Å²) in [6, 6.07) is 14.2. The molecular formula is C23H25N5O2S. The lowest BCUT2D eigenvalue weighted by Crippen LogP contribution is -2.14. The summed E-state index contributed by atoms with van der Waals surface area (Å²) in [5.74, 6) is 0.436. The van der Waals surface area contributed by atoms with Crippen molar-refractivity contribution in [2.45, 2.75) is 25.7 Å². The van der Waals surface area contributed by atoms with Crippen molar-refractivity contribution in [1.82, 2.24) is 15.2 Å². The van der Waals surface area contributed by atoms with Crippen LogP contribution in [-0.2, 0) is 10.0 Å². The lowest BCUT2D eigenvalue weighted by atomic mass is 10.1. The van der Waals surface area contributed by atoms with Gasteiger partial charge in [0.25, 0.3) is 10.0 Å². The van der Waals surface area contributed by atoms with E-state index in [-0.39, 0.29) is 4.90 Å². The summed E-state index contributed by atoms with van der Waals surface area (Å²) < 4.78 is 29.0. The maximum atomic E-state index is 13.2. The molecule has 0 aliphatic carbocycles. The third-order valence-corrected chi connectivity index (χ3v) is 6.34. The maximum absolute atomic E-state index is 13.2. The summed E-state index contributed by atoms with van der Waals surface area (Å²) >= 11 is 0. The number of hydrogen-bond donors (Lipinski definition) is 3. The topological polar surface area (TPSA) is 99.8 Å². The molecule has 2 aromatic carbocycles. The van der Waals surface area contributed by atoms with Crippen LogP contribution in [0, 0.1) is 12.8 Å².